The van der Waals surface area contributed by atoms with E-state index in [9.17, 15) is 4.79 Å². The van der Waals surface area contributed by atoms with E-state index in [1.807, 2.05) is 24.3 Å². The topological polar surface area (TPSA) is 108 Å². The number of hydrogen-bond acceptors (Lipinski definition) is 4. The molecule has 0 atom stereocenters. The first kappa shape index (κ1) is 21.0. The largest absolute Gasteiger partial charge is 0.384 e. The average molecular weight is 394 g/mol. The van der Waals surface area contributed by atoms with Crippen molar-refractivity contribution in [3.8, 4) is 11.1 Å². The number of amides is 1. The minimum absolute atomic E-state index is 0.0642. The van der Waals surface area contributed by atoms with Crippen molar-refractivity contribution in [1.29, 1.82) is 5.41 Å². The molecule has 6 N–H and O–H groups in total. The number of carbonyl (C=O) groups excluding carboxylic acids is 1. The van der Waals surface area contributed by atoms with Gasteiger partial charge in [0, 0.05) is 18.7 Å². The molecule has 0 unspecified atom stereocenters. The molecule has 1 aliphatic heterocycles. The first-order valence-corrected chi connectivity index (χ1v) is 10.2. The molecule has 0 spiro atoms. The summed E-state index contributed by atoms with van der Waals surface area (Å²) in [6.07, 6.45) is 2.26. The summed E-state index contributed by atoms with van der Waals surface area (Å²) in [6, 6.07) is 14.2. The van der Waals surface area contributed by atoms with E-state index in [0.29, 0.717) is 18.0 Å². The highest BCUT2D eigenvalue weighted by Crippen LogP contribution is 2.25. The van der Waals surface area contributed by atoms with Gasteiger partial charge in [-0.3, -0.25) is 15.1 Å². The number of hydrogen-bond donors (Lipinski definition) is 4. The number of piperidine rings is 1. The van der Waals surface area contributed by atoms with Gasteiger partial charge in [0.1, 0.15) is 5.84 Å². The molecule has 2 aromatic carbocycles. The summed E-state index contributed by atoms with van der Waals surface area (Å²) in [4.78, 5) is 13.8. The van der Waals surface area contributed by atoms with Crippen molar-refractivity contribution in [3.63, 3.8) is 0 Å². The summed E-state index contributed by atoms with van der Waals surface area (Å²) in [6.45, 7) is 5.99. The molecule has 1 amide bonds. The lowest BCUT2D eigenvalue weighted by atomic mass is 9.96. The van der Waals surface area contributed by atoms with Crippen LogP contribution in [0.1, 0.15) is 29.5 Å². The van der Waals surface area contributed by atoms with Crippen LogP contribution in [0.5, 0.6) is 0 Å². The second kappa shape index (κ2) is 9.67. The van der Waals surface area contributed by atoms with Crippen molar-refractivity contribution >= 4 is 11.7 Å². The fraction of sp³-hybridized carbons (Fsp3) is 0.391. The molecule has 1 heterocycles. The minimum Gasteiger partial charge on any atom is -0.384 e. The second-order valence-electron chi connectivity index (χ2n) is 8.03. The Morgan fingerprint density at radius 1 is 1.14 bits per heavy atom. The predicted octanol–water partition coefficient (Wildman–Crippen LogP) is 2.23. The van der Waals surface area contributed by atoms with Crippen molar-refractivity contribution in [2.75, 3.05) is 26.2 Å². The first-order valence-electron chi connectivity index (χ1n) is 10.2. The lowest BCUT2D eigenvalue weighted by molar-refractivity contribution is -0.119. The van der Waals surface area contributed by atoms with Crippen molar-refractivity contribution in [1.82, 2.24) is 10.2 Å². The maximum atomic E-state index is 11.6. The second-order valence-corrected chi connectivity index (χ2v) is 8.03. The zero-order valence-corrected chi connectivity index (χ0v) is 17.1. The summed E-state index contributed by atoms with van der Waals surface area (Å²) < 4.78 is 0. The van der Waals surface area contributed by atoms with Crippen LogP contribution in [0.25, 0.3) is 11.1 Å². The van der Waals surface area contributed by atoms with Gasteiger partial charge >= 0.3 is 0 Å². The van der Waals surface area contributed by atoms with Crippen LogP contribution < -0.4 is 16.8 Å². The molecular weight excluding hydrogens is 362 g/mol. The Bertz CT molecular complexity index is 873. The monoisotopic (exact) mass is 393 g/mol. The number of nitrogens with zero attached hydrogens (tertiary/aromatic N) is 1. The van der Waals surface area contributed by atoms with Crippen molar-refractivity contribution in [3.05, 3.63) is 59.2 Å². The van der Waals surface area contributed by atoms with E-state index in [2.05, 4.69) is 35.3 Å². The lowest BCUT2D eigenvalue weighted by Crippen LogP contribution is -2.39. The molecule has 0 bridgehead atoms. The molecule has 6 nitrogen and oxygen atoms in total. The van der Waals surface area contributed by atoms with Crippen LogP contribution in [-0.2, 0) is 11.3 Å². The fourth-order valence-electron chi connectivity index (χ4n) is 4.08. The molecule has 0 saturated carbocycles. The van der Waals surface area contributed by atoms with Gasteiger partial charge in [-0.1, -0.05) is 35.9 Å². The highest BCUT2D eigenvalue weighted by Gasteiger charge is 2.19. The van der Waals surface area contributed by atoms with Crippen LogP contribution >= 0.6 is 0 Å². The van der Waals surface area contributed by atoms with E-state index >= 15 is 0 Å². The number of benzene rings is 2. The van der Waals surface area contributed by atoms with E-state index < -0.39 is 0 Å². The molecule has 3 rings (SSSR count). The third-order valence-electron chi connectivity index (χ3n) is 5.40. The Kier molecular flexibility index (Phi) is 7.01. The maximum Gasteiger partial charge on any atom is 0.231 e. The van der Waals surface area contributed by atoms with Crippen LogP contribution in [0.2, 0.25) is 0 Å². The molecular formula is C23H31N5O. The highest BCUT2D eigenvalue weighted by molar-refractivity contribution is 5.96. The van der Waals surface area contributed by atoms with Gasteiger partial charge in [0.2, 0.25) is 5.91 Å². The van der Waals surface area contributed by atoms with Gasteiger partial charge in [0.25, 0.3) is 0 Å². The van der Waals surface area contributed by atoms with Gasteiger partial charge < -0.3 is 16.8 Å². The number of nitrogen functional groups attached to an aromatic ring is 1. The quantitative estimate of drug-likeness (QED) is 0.407. The van der Waals surface area contributed by atoms with Crippen LogP contribution in [0.15, 0.2) is 42.5 Å². The Morgan fingerprint density at radius 3 is 2.59 bits per heavy atom. The SMILES string of the molecule is Cc1cc(CN(CC(N)=O)CC2CCNCC2)cc(-c2cccc(C(=N)N)c2)c1. The number of primary amides is 1. The lowest BCUT2D eigenvalue weighted by Gasteiger charge is -2.29. The summed E-state index contributed by atoms with van der Waals surface area (Å²) in [5, 5.41) is 11.1. The number of aryl methyl sites for hydroxylation is 1. The number of rotatable bonds is 8. The van der Waals surface area contributed by atoms with Crippen molar-refractivity contribution in [2.24, 2.45) is 17.4 Å². The standard InChI is InChI=1S/C23H31N5O/c1-16-9-18(11-21(10-16)19-3-2-4-20(12-19)23(25)26)14-28(15-22(24)29)13-17-5-7-27-8-6-17/h2-4,9-12,17,27H,5-8,13-15H2,1H3,(H2,24,29)(H3,25,26). The molecule has 0 radical (unpaired) electrons. The van der Waals surface area contributed by atoms with Crippen LogP contribution in [0, 0.1) is 18.3 Å². The normalized spacial score (nSPS) is 14.8. The van der Waals surface area contributed by atoms with Crippen molar-refractivity contribution in [2.45, 2.75) is 26.3 Å². The fourth-order valence-corrected chi connectivity index (χ4v) is 4.08. The van der Waals surface area contributed by atoms with Crippen LogP contribution in [-0.4, -0.2) is 42.8 Å². The molecule has 6 heteroatoms. The van der Waals surface area contributed by atoms with E-state index in [1.54, 1.807) is 0 Å². The summed E-state index contributed by atoms with van der Waals surface area (Å²) in [5.74, 6) is 0.363. The van der Waals surface area contributed by atoms with Gasteiger partial charge in [-0.2, -0.15) is 0 Å². The minimum atomic E-state index is -0.291. The average Bonchev–Trinajstić information content (AvgIpc) is 2.68. The number of amidine groups is 1. The van der Waals surface area contributed by atoms with E-state index in [0.717, 1.165) is 54.7 Å². The van der Waals surface area contributed by atoms with E-state index in [-0.39, 0.29) is 18.3 Å². The van der Waals surface area contributed by atoms with Crippen LogP contribution in [0.4, 0.5) is 0 Å². The van der Waals surface area contributed by atoms with Crippen molar-refractivity contribution < 1.29 is 4.79 Å². The van der Waals surface area contributed by atoms with E-state index in [4.69, 9.17) is 16.9 Å². The third-order valence-corrected chi connectivity index (χ3v) is 5.40. The molecule has 0 aliphatic carbocycles. The zero-order chi connectivity index (χ0) is 20.8. The first-order chi connectivity index (χ1) is 13.9. The Labute approximate surface area is 172 Å². The molecule has 154 valence electrons. The van der Waals surface area contributed by atoms with Gasteiger partial charge in [-0.25, -0.2) is 0 Å². The molecule has 1 fully saturated rings. The molecule has 1 saturated heterocycles. The van der Waals surface area contributed by atoms with Crippen LogP contribution in [0.3, 0.4) is 0 Å². The third kappa shape index (κ3) is 6.14. The Morgan fingerprint density at radius 2 is 1.90 bits per heavy atom. The van der Waals surface area contributed by atoms with Gasteiger partial charge in [-0.05, 0) is 67.6 Å². The Balaban J connectivity index is 1.82. The summed E-state index contributed by atoms with van der Waals surface area (Å²) >= 11 is 0. The molecule has 0 aromatic heterocycles. The van der Waals surface area contributed by atoms with Gasteiger partial charge in [0.05, 0.1) is 6.54 Å². The molecule has 2 aromatic rings. The zero-order valence-electron chi connectivity index (χ0n) is 17.1. The summed E-state index contributed by atoms with van der Waals surface area (Å²) in [7, 11) is 0. The Hall–Kier alpha value is -2.70. The van der Waals surface area contributed by atoms with Gasteiger partial charge in [0.15, 0.2) is 0 Å². The number of nitrogens with two attached hydrogens (primary N) is 2. The number of nitrogens with one attached hydrogen (secondary N) is 2. The van der Waals surface area contributed by atoms with E-state index in [1.165, 1.54) is 0 Å². The number of carbonyl (C=O) groups is 1. The van der Waals surface area contributed by atoms with Gasteiger partial charge in [-0.15, -0.1) is 0 Å². The maximum absolute atomic E-state index is 11.6. The smallest absolute Gasteiger partial charge is 0.231 e. The highest BCUT2D eigenvalue weighted by atomic mass is 16.1. The summed E-state index contributed by atoms with van der Waals surface area (Å²) in [5.41, 5.74) is 16.3. The predicted molar refractivity (Wildman–Crippen MR) is 118 cm³/mol. The molecule has 1 aliphatic rings. The molecule has 29 heavy (non-hydrogen) atoms.